The molecule has 0 amide bonds. The summed E-state index contributed by atoms with van der Waals surface area (Å²) in [5, 5.41) is 13.5. The van der Waals surface area contributed by atoms with E-state index in [4.69, 9.17) is 4.74 Å². The molecule has 0 bridgehead atoms. The first-order valence-corrected chi connectivity index (χ1v) is 8.90. The van der Waals surface area contributed by atoms with Crippen molar-refractivity contribution in [3.8, 4) is 5.75 Å². The molecule has 8 heteroatoms. The van der Waals surface area contributed by atoms with Gasteiger partial charge in [-0.1, -0.05) is 0 Å². The van der Waals surface area contributed by atoms with Gasteiger partial charge in [0.1, 0.15) is 0 Å². The fourth-order valence-corrected chi connectivity index (χ4v) is 3.62. The highest BCUT2D eigenvalue weighted by molar-refractivity contribution is 7.89. The Morgan fingerprint density at radius 1 is 1.41 bits per heavy atom. The second-order valence-corrected chi connectivity index (χ2v) is 7.10. The van der Waals surface area contributed by atoms with Gasteiger partial charge in [-0.2, -0.15) is 11.3 Å². The summed E-state index contributed by atoms with van der Waals surface area (Å²) in [7, 11) is -2.52. The zero-order valence-corrected chi connectivity index (χ0v) is 13.5. The molecule has 0 radical (unpaired) electrons. The van der Waals surface area contributed by atoms with Crippen LogP contribution in [0.5, 0.6) is 5.75 Å². The SMILES string of the molecule is COc1ccc(S(=O)(=O)NCCC(O)c2ccsc2)cc1F. The zero-order valence-electron chi connectivity index (χ0n) is 11.8. The van der Waals surface area contributed by atoms with E-state index in [0.717, 1.165) is 11.6 Å². The molecule has 0 saturated heterocycles. The molecule has 1 aromatic heterocycles. The lowest BCUT2D eigenvalue weighted by Gasteiger charge is -2.11. The second kappa shape index (κ2) is 7.19. The Morgan fingerprint density at radius 3 is 2.77 bits per heavy atom. The maximum Gasteiger partial charge on any atom is 0.240 e. The van der Waals surface area contributed by atoms with Gasteiger partial charge in [0, 0.05) is 6.54 Å². The number of nitrogens with one attached hydrogen (secondary N) is 1. The predicted molar refractivity (Wildman–Crippen MR) is 82.0 cm³/mol. The molecule has 1 unspecified atom stereocenters. The molecule has 0 aliphatic heterocycles. The van der Waals surface area contributed by atoms with Crippen LogP contribution in [0.2, 0.25) is 0 Å². The number of aliphatic hydroxyl groups excluding tert-OH is 1. The van der Waals surface area contributed by atoms with Gasteiger partial charge < -0.3 is 9.84 Å². The first-order valence-electron chi connectivity index (χ1n) is 6.47. The predicted octanol–water partition coefficient (Wildman–Crippen LogP) is 2.30. The number of methoxy groups -OCH3 is 1. The number of sulfonamides is 1. The monoisotopic (exact) mass is 345 g/mol. The summed E-state index contributed by atoms with van der Waals surface area (Å²) in [6.45, 7) is 0.0486. The van der Waals surface area contributed by atoms with E-state index >= 15 is 0 Å². The Balaban J connectivity index is 1.98. The van der Waals surface area contributed by atoms with Crippen LogP contribution in [0.15, 0.2) is 39.9 Å². The van der Waals surface area contributed by atoms with E-state index in [9.17, 15) is 17.9 Å². The molecule has 0 saturated carbocycles. The lowest BCUT2D eigenvalue weighted by atomic mass is 10.1. The number of hydrogen-bond acceptors (Lipinski definition) is 5. The molecular weight excluding hydrogens is 329 g/mol. The first-order chi connectivity index (χ1) is 10.4. The average molecular weight is 345 g/mol. The minimum absolute atomic E-state index is 0.0215. The summed E-state index contributed by atoms with van der Waals surface area (Å²) >= 11 is 1.46. The lowest BCUT2D eigenvalue weighted by Crippen LogP contribution is -2.26. The molecule has 0 aliphatic rings. The van der Waals surface area contributed by atoms with Crippen molar-refractivity contribution in [3.05, 3.63) is 46.4 Å². The van der Waals surface area contributed by atoms with Gasteiger partial charge in [-0.15, -0.1) is 0 Å². The molecule has 1 heterocycles. The number of thiophene rings is 1. The van der Waals surface area contributed by atoms with E-state index in [-0.39, 0.29) is 23.6 Å². The Hall–Kier alpha value is -1.48. The molecule has 0 aliphatic carbocycles. The highest BCUT2D eigenvalue weighted by Gasteiger charge is 2.17. The van der Waals surface area contributed by atoms with Gasteiger partial charge in [0.25, 0.3) is 0 Å². The zero-order chi connectivity index (χ0) is 16.2. The maximum absolute atomic E-state index is 13.6. The molecule has 5 nitrogen and oxygen atoms in total. The summed E-state index contributed by atoms with van der Waals surface area (Å²) in [6, 6.07) is 5.20. The number of aliphatic hydroxyl groups is 1. The van der Waals surface area contributed by atoms with Crippen LogP contribution in [0.4, 0.5) is 4.39 Å². The minimum atomic E-state index is -3.83. The molecule has 22 heavy (non-hydrogen) atoms. The summed E-state index contributed by atoms with van der Waals surface area (Å²) in [5.41, 5.74) is 0.750. The maximum atomic E-state index is 13.6. The van der Waals surface area contributed by atoms with E-state index in [0.29, 0.717) is 0 Å². The topological polar surface area (TPSA) is 75.6 Å². The molecular formula is C14H16FNO4S2. The van der Waals surface area contributed by atoms with Crippen molar-refractivity contribution in [2.45, 2.75) is 17.4 Å². The van der Waals surface area contributed by atoms with Gasteiger partial charge >= 0.3 is 0 Å². The molecule has 1 atom stereocenters. The van der Waals surface area contributed by atoms with Crippen molar-refractivity contribution in [1.82, 2.24) is 4.72 Å². The van der Waals surface area contributed by atoms with Crippen LogP contribution in [0.1, 0.15) is 18.1 Å². The second-order valence-electron chi connectivity index (χ2n) is 4.56. The van der Waals surface area contributed by atoms with E-state index < -0.39 is 21.9 Å². The smallest absolute Gasteiger partial charge is 0.240 e. The molecule has 2 N–H and O–H groups in total. The Bertz CT molecular complexity index is 716. The third kappa shape index (κ3) is 4.04. The minimum Gasteiger partial charge on any atom is -0.494 e. The molecule has 120 valence electrons. The van der Waals surface area contributed by atoms with E-state index in [2.05, 4.69) is 4.72 Å². The first kappa shape index (κ1) is 16.9. The summed E-state index contributed by atoms with van der Waals surface area (Å²) in [6.07, 6.45) is -0.504. The highest BCUT2D eigenvalue weighted by atomic mass is 32.2. The number of rotatable bonds is 7. The number of halogens is 1. The van der Waals surface area contributed by atoms with Crippen LogP contribution in [-0.4, -0.2) is 27.2 Å². The molecule has 1 aromatic carbocycles. The largest absolute Gasteiger partial charge is 0.494 e. The van der Waals surface area contributed by atoms with Gasteiger partial charge in [0.2, 0.25) is 10.0 Å². The van der Waals surface area contributed by atoms with Crippen molar-refractivity contribution in [2.75, 3.05) is 13.7 Å². The van der Waals surface area contributed by atoms with Gasteiger partial charge in [0.05, 0.1) is 18.1 Å². The Kier molecular flexibility index (Phi) is 5.52. The third-order valence-electron chi connectivity index (χ3n) is 3.07. The van der Waals surface area contributed by atoms with Crippen molar-refractivity contribution >= 4 is 21.4 Å². The summed E-state index contributed by atoms with van der Waals surface area (Å²) in [5.74, 6) is -0.768. The van der Waals surface area contributed by atoms with E-state index in [1.165, 1.54) is 30.6 Å². The fourth-order valence-electron chi connectivity index (χ4n) is 1.86. The molecule has 0 spiro atoms. The van der Waals surface area contributed by atoms with Crippen LogP contribution in [0.25, 0.3) is 0 Å². The number of hydrogen-bond donors (Lipinski definition) is 2. The standard InChI is InChI=1S/C14H16FNO4S2/c1-20-14-3-2-11(8-12(14)15)22(18,19)16-6-4-13(17)10-5-7-21-9-10/h2-3,5,7-9,13,16-17H,4,6H2,1H3. The molecule has 2 aromatic rings. The van der Waals surface area contributed by atoms with E-state index in [1.807, 2.05) is 5.38 Å². The molecule has 0 fully saturated rings. The van der Waals surface area contributed by atoms with Crippen molar-refractivity contribution in [2.24, 2.45) is 0 Å². The van der Waals surface area contributed by atoms with Crippen LogP contribution in [-0.2, 0) is 10.0 Å². The van der Waals surface area contributed by atoms with Crippen molar-refractivity contribution in [1.29, 1.82) is 0 Å². The quantitative estimate of drug-likeness (QED) is 0.807. The third-order valence-corrected chi connectivity index (χ3v) is 5.23. The van der Waals surface area contributed by atoms with Crippen LogP contribution in [0.3, 0.4) is 0 Å². The summed E-state index contributed by atoms with van der Waals surface area (Å²) < 4.78 is 44.8. The average Bonchev–Trinajstić information content (AvgIpc) is 3.01. The van der Waals surface area contributed by atoms with E-state index in [1.54, 1.807) is 11.4 Å². The van der Waals surface area contributed by atoms with Crippen LogP contribution < -0.4 is 9.46 Å². The van der Waals surface area contributed by atoms with Crippen LogP contribution in [0, 0.1) is 5.82 Å². The Labute approximate surface area is 132 Å². The number of ether oxygens (including phenoxy) is 1. The van der Waals surface area contributed by atoms with Gasteiger partial charge in [-0.25, -0.2) is 17.5 Å². The lowest BCUT2D eigenvalue weighted by molar-refractivity contribution is 0.169. The normalized spacial score (nSPS) is 13.0. The molecule has 2 rings (SSSR count). The highest BCUT2D eigenvalue weighted by Crippen LogP contribution is 2.21. The van der Waals surface area contributed by atoms with Gasteiger partial charge in [0.15, 0.2) is 11.6 Å². The number of benzene rings is 1. The summed E-state index contributed by atoms with van der Waals surface area (Å²) in [4.78, 5) is -0.184. The van der Waals surface area contributed by atoms with Crippen molar-refractivity contribution < 1.29 is 22.7 Å². The van der Waals surface area contributed by atoms with Gasteiger partial charge in [-0.05, 0) is 47.0 Å². The Morgan fingerprint density at radius 2 is 2.18 bits per heavy atom. The fraction of sp³-hybridized carbons (Fsp3) is 0.286. The van der Waals surface area contributed by atoms with Gasteiger partial charge in [-0.3, -0.25) is 0 Å². The van der Waals surface area contributed by atoms with Crippen LogP contribution >= 0.6 is 11.3 Å². The van der Waals surface area contributed by atoms with Crippen molar-refractivity contribution in [3.63, 3.8) is 0 Å².